The highest BCUT2D eigenvalue weighted by atomic mass is 32.2. The van der Waals surface area contributed by atoms with E-state index in [4.69, 9.17) is 0 Å². The molecule has 0 spiro atoms. The number of rotatable bonds is 6. The molecule has 0 aliphatic heterocycles. The van der Waals surface area contributed by atoms with Gasteiger partial charge in [0.05, 0.1) is 0 Å². The predicted octanol–water partition coefficient (Wildman–Crippen LogP) is 4.29. The number of carbonyl (C=O) groups is 1. The smallest absolute Gasteiger partial charge is 0.251 e. The van der Waals surface area contributed by atoms with E-state index in [9.17, 15) is 13.2 Å². The van der Waals surface area contributed by atoms with E-state index >= 15 is 0 Å². The molecule has 3 aromatic rings. The highest BCUT2D eigenvalue weighted by Crippen LogP contribution is 2.29. The van der Waals surface area contributed by atoms with E-state index in [-0.39, 0.29) is 4.21 Å². The number of sulfonamides is 1. The zero-order chi connectivity index (χ0) is 20.3. The molecule has 4 rings (SSSR count). The first-order chi connectivity index (χ1) is 14.0. The van der Waals surface area contributed by atoms with Crippen LogP contribution in [0, 0.1) is 0 Å². The minimum atomic E-state index is -3.81. The maximum atomic E-state index is 13.2. The number of nitrogens with one attached hydrogen (secondary N) is 2. The normalized spacial score (nSPS) is 14.8. The van der Waals surface area contributed by atoms with Crippen molar-refractivity contribution >= 4 is 33.0 Å². The van der Waals surface area contributed by atoms with Gasteiger partial charge < -0.3 is 5.32 Å². The second kappa shape index (κ2) is 8.49. The Labute approximate surface area is 174 Å². The van der Waals surface area contributed by atoms with Crippen molar-refractivity contribution in [3.63, 3.8) is 0 Å². The average Bonchev–Trinajstić information content (AvgIpc) is 3.29. The van der Waals surface area contributed by atoms with Crippen molar-refractivity contribution in [2.45, 2.75) is 35.9 Å². The van der Waals surface area contributed by atoms with E-state index in [1.54, 1.807) is 35.7 Å². The fraction of sp³-hybridized carbons (Fsp3) is 0.227. The molecule has 1 aliphatic rings. The summed E-state index contributed by atoms with van der Waals surface area (Å²) in [4.78, 5) is 13.2. The van der Waals surface area contributed by atoms with Gasteiger partial charge >= 0.3 is 0 Å². The summed E-state index contributed by atoms with van der Waals surface area (Å²) in [5, 5.41) is 4.67. The van der Waals surface area contributed by atoms with E-state index in [1.807, 2.05) is 18.2 Å². The summed E-state index contributed by atoms with van der Waals surface area (Å²) in [5.41, 5.74) is 3.77. The summed E-state index contributed by atoms with van der Waals surface area (Å²) >= 11 is 1.12. The minimum Gasteiger partial charge on any atom is -0.324 e. The zero-order valence-corrected chi connectivity index (χ0v) is 17.4. The highest BCUT2D eigenvalue weighted by molar-refractivity contribution is 7.91. The molecule has 1 heterocycles. The molecular formula is C22H22N2O3S2. The van der Waals surface area contributed by atoms with Crippen LogP contribution < -0.4 is 10.0 Å². The van der Waals surface area contributed by atoms with Gasteiger partial charge in [0.1, 0.15) is 10.3 Å². The lowest BCUT2D eigenvalue weighted by atomic mass is 9.90. The number of thiophene rings is 1. The van der Waals surface area contributed by atoms with Crippen LogP contribution >= 0.6 is 11.3 Å². The Hall–Kier alpha value is -2.48. The van der Waals surface area contributed by atoms with Gasteiger partial charge in [-0.3, -0.25) is 4.79 Å². The van der Waals surface area contributed by atoms with Crippen LogP contribution in [0.2, 0.25) is 0 Å². The number of benzene rings is 2. The van der Waals surface area contributed by atoms with Crippen molar-refractivity contribution in [1.82, 2.24) is 4.72 Å². The third-order valence-electron chi connectivity index (χ3n) is 5.08. The summed E-state index contributed by atoms with van der Waals surface area (Å²) in [5.74, 6) is -0.393. The number of carbonyl (C=O) groups excluding carboxylic acids is 1. The van der Waals surface area contributed by atoms with Gasteiger partial charge in [-0.05, 0) is 59.9 Å². The lowest BCUT2D eigenvalue weighted by molar-refractivity contribution is -0.117. The molecule has 1 aliphatic carbocycles. The minimum absolute atomic E-state index is 0.184. The van der Waals surface area contributed by atoms with Gasteiger partial charge in [0.2, 0.25) is 5.91 Å². The molecule has 0 bridgehead atoms. The first kappa shape index (κ1) is 19.8. The van der Waals surface area contributed by atoms with Crippen LogP contribution in [0.3, 0.4) is 0 Å². The van der Waals surface area contributed by atoms with E-state index in [2.05, 4.69) is 16.1 Å². The van der Waals surface area contributed by atoms with E-state index in [0.717, 1.165) is 48.3 Å². The summed E-state index contributed by atoms with van der Waals surface area (Å²) in [6, 6.07) is 17.0. The van der Waals surface area contributed by atoms with Gasteiger partial charge in [-0.15, -0.1) is 11.3 Å². The maximum Gasteiger partial charge on any atom is 0.251 e. The molecule has 5 nitrogen and oxygen atoms in total. The number of amides is 1. The molecule has 0 saturated carbocycles. The largest absolute Gasteiger partial charge is 0.324 e. The Morgan fingerprint density at radius 1 is 0.931 bits per heavy atom. The molecular weight excluding hydrogens is 404 g/mol. The van der Waals surface area contributed by atoms with Crippen molar-refractivity contribution in [2.75, 3.05) is 5.32 Å². The van der Waals surface area contributed by atoms with Crippen LogP contribution in [-0.2, 0) is 27.7 Å². The first-order valence-electron chi connectivity index (χ1n) is 9.57. The molecule has 0 fully saturated rings. The zero-order valence-electron chi connectivity index (χ0n) is 15.8. The van der Waals surface area contributed by atoms with Crippen molar-refractivity contribution in [2.24, 2.45) is 0 Å². The standard InChI is InChI=1S/C22H22N2O3S2/c25-22(23-19-13-6-11-16-8-4-5-12-18(16)19)21(17-9-2-1-3-10-17)24-29(26,27)20-14-7-15-28-20/h1-3,6-7,9-11,13-15,21,24H,4-5,8,12H2,(H,23,25). The number of fused-ring (bicyclic) bond motifs is 1. The quantitative estimate of drug-likeness (QED) is 0.618. The molecule has 0 saturated heterocycles. The Kier molecular flexibility index (Phi) is 5.80. The molecule has 2 N–H and O–H groups in total. The average molecular weight is 427 g/mol. The molecule has 7 heteroatoms. The van der Waals surface area contributed by atoms with Crippen molar-refractivity contribution in [3.05, 3.63) is 82.7 Å². The number of anilines is 1. The molecule has 1 aromatic heterocycles. The summed E-state index contributed by atoms with van der Waals surface area (Å²) < 4.78 is 28.3. The fourth-order valence-corrected chi connectivity index (χ4v) is 5.84. The predicted molar refractivity (Wildman–Crippen MR) is 116 cm³/mol. The van der Waals surface area contributed by atoms with E-state index < -0.39 is 22.0 Å². The second-order valence-corrected chi connectivity index (χ2v) is 9.93. The molecule has 1 unspecified atom stereocenters. The second-order valence-electron chi connectivity index (χ2n) is 7.04. The van der Waals surface area contributed by atoms with Gasteiger partial charge in [-0.25, -0.2) is 8.42 Å². The summed E-state index contributed by atoms with van der Waals surface area (Å²) in [6.45, 7) is 0. The number of hydrogen-bond donors (Lipinski definition) is 2. The molecule has 2 aromatic carbocycles. The lowest BCUT2D eigenvalue weighted by Crippen LogP contribution is -2.37. The van der Waals surface area contributed by atoms with Gasteiger partial charge in [0, 0.05) is 5.69 Å². The van der Waals surface area contributed by atoms with Crippen molar-refractivity contribution < 1.29 is 13.2 Å². The number of aryl methyl sites for hydroxylation is 1. The summed E-state index contributed by atoms with van der Waals surface area (Å²) in [7, 11) is -3.81. The fourth-order valence-electron chi connectivity index (χ4n) is 3.65. The van der Waals surface area contributed by atoms with Crippen LogP contribution in [-0.4, -0.2) is 14.3 Å². The van der Waals surface area contributed by atoms with Crippen molar-refractivity contribution in [3.8, 4) is 0 Å². The monoisotopic (exact) mass is 426 g/mol. The van der Waals surface area contributed by atoms with Crippen LogP contribution in [0.5, 0.6) is 0 Å². The van der Waals surface area contributed by atoms with Crippen LogP contribution in [0.25, 0.3) is 0 Å². The maximum absolute atomic E-state index is 13.2. The SMILES string of the molecule is O=C(Nc1cccc2c1CCCC2)C(NS(=O)(=O)c1cccs1)c1ccccc1. The van der Waals surface area contributed by atoms with Crippen LogP contribution in [0.4, 0.5) is 5.69 Å². The summed E-state index contributed by atoms with van der Waals surface area (Å²) in [6.07, 6.45) is 4.17. The van der Waals surface area contributed by atoms with Gasteiger partial charge in [0.15, 0.2) is 0 Å². The Balaban J connectivity index is 1.64. The highest BCUT2D eigenvalue weighted by Gasteiger charge is 2.28. The Bertz CT molecular complexity index is 1090. The lowest BCUT2D eigenvalue weighted by Gasteiger charge is -2.22. The Morgan fingerprint density at radius 2 is 1.72 bits per heavy atom. The van der Waals surface area contributed by atoms with Crippen molar-refractivity contribution in [1.29, 1.82) is 0 Å². The molecule has 29 heavy (non-hydrogen) atoms. The molecule has 0 radical (unpaired) electrons. The molecule has 150 valence electrons. The van der Waals surface area contributed by atoms with E-state index in [0.29, 0.717) is 5.56 Å². The topological polar surface area (TPSA) is 75.3 Å². The number of hydrogen-bond acceptors (Lipinski definition) is 4. The third kappa shape index (κ3) is 4.42. The Morgan fingerprint density at radius 3 is 2.48 bits per heavy atom. The van der Waals surface area contributed by atoms with Crippen LogP contribution in [0.1, 0.15) is 35.6 Å². The first-order valence-corrected chi connectivity index (χ1v) is 11.9. The van der Waals surface area contributed by atoms with Gasteiger partial charge in [-0.2, -0.15) is 4.72 Å². The van der Waals surface area contributed by atoms with Gasteiger partial charge in [0.25, 0.3) is 10.0 Å². The van der Waals surface area contributed by atoms with Crippen LogP contribution in [0.15, 0.2) is 70.3 Å². The van der Waals surface area contributed by atoms with E-state index in [1.165, 1.54) is 11.6 Å². The molecule has 1 amide bonds. The van der Waals surface area contributed by atoms with Gasteiger partial charge in [-0.1, -0.05) is 48.5 Å². The third-order valence-corrected chi connectivity index (χ3v) is 7.90. The molecule has 1 atom stereocenters.